The molecule has 1 unspecified atom stereocenters. The molecule has 1 aliphatic rings. The molecule has 31 heavy (non-hydrogen) atoms. The summed E-state index contributed by atoms with van der Waals surface area (Å²) >= 11 is 7.25. The van der Waals surface area contributed by atoms with E-state index < -0.39 is 12.0 Å². The Morgan fingerprint density at radius 2 is 2.03 bits per heavy atom. The molecule has 2 amide bonds. The fraction of sp³-hybridized carbons (Fsp3) is 0.316. The number of carboxylic acids is 1. The van der Waals surface area contributed by atoms with Gasteiger partial charge in [-0.2, -0.15) is 4.98 Å². The highest BCUT2D eigenvalue weighted by molar-refractivity contribution is 7.22. The summed E-state index contributed by atoms with van der Waals surface area (Å²) in [4.78, 5) is 41.1. The average Bonchev–Trinajstić information content (AvgIpc) is 3.16. The lowest BCUT2D eigenvalue weighted by molar-refractivity contribution is -0.144. The van der Waals surface area contributed by atoms with Crippen molar-refractivity contribution in [1.29, 1.82) is 0 Å². The van der Waals surface area contributed by atoms with Crippen LogP contribution in [0, 0.1) is 0 Å². The maximum Gasteiger partial charge on any atom is 0.325 e. The van der Waals surface area contributed by atoms with E-state index in [0.29, 0.717) is 58.1 Å². The number of halogens is 1. The molecule has 10 nitrogen and oxygen atoms in total. The lowest BCUT2D eigenvalue weighted by Crippen LogP contribution is -2.52. The molecule has 0 spiro atoms. The van der Waals surface area contributed by atoms with Crippen molar-refractivity contribution < 1.29 is 19.4 Å². The van der Waals surface area contributed by atoms with E-state index in [2.05, 4.69) is 20.3 Å². The van der Waals surface area contributed by atoms with E-state index in [0.717, 1.165) is 0 Å². The van der Waals surface area contributed by atoms with Crippen LogP contribution < -0.4 is 10.1 Å². The predicted octanol–water partition coefficient (Wildman–Crippen LogP) is 2.72. The highest BCUT2D eigenvalue weighted by Crippen LogP contribution is 2.29. The van der Waals surface area contributed by atoms with Gasteiger partial charge in [0.15, 0.2) is 15.5 Å². The number of benzene rings is 1. The Hall–Kier alpha value is -3.02. The third kappa shape index (κ3) is 4.53. The Labute approximate surface area is 186 Å². The highest BCUT2D eigenvalue weighted by atomic mass is 35.5. The number of fused-ring (bicyclic) bond motifs is 1. The lowest BCUT2D eigenvalue weighted by atomic mass is 10.0. The third-order valence-corrected chi connectivity index (χ3v) is 6.05. The Morgan fingerprint density at radius 3 is 2.71 bits per heavy atom. The van der Waals surface area contributed by atoms with Crippen molar-refractivity contribution in [1.82, 2.24) is 24.8 Å². The first-order chi connectivity index (χ1) is 15.0. The molecular formula is C19H19ClN6O4S. The van der Waals surface area contributed by atoms with Gasteiger partial charge < -0.3 is 14.7 Å². The van der Waals surface area contributed by atoms with Crippen LogP contribution in [0.3, 0.4) is 0 Å². The van der Waals surface area contributed by atoms with Crippen LogP contribution in [0.5, 0.6) is 5.88 Å². The quantitative estimate of drug-likeness (QED) is 0.593. The van der Waals surface area contributed by atoms with Gasteiger partial charge in [-0.25, -0.2) is 14.8 Å². The van der Waals surface area contributed by atoms with Gasteiger partial charge in [-0.15, -0.1) is 0 Å². The van der Waals surface area contributed by atoms with E-state index in [1.54, 1.807) is 29.2 Å². The summed E-state index contributed by atoms with van der Waals surface area (Å²) in [6.45, 7) is 1.58. The summed E-state index contributed by atoms with van der Waals surface area (Å²) in [5.41, 5.74) is 1.10. The van der Waals surface area contributed by atoms with Crippen molar-refractivity contribution in [3.05, 3.63) is 41.2 Å². The van der Waals surface area contributed by atoms with Gasteiger partial charge in [0.25, 0.3) is 0 Å². The number of aromatic nitrogens is 3. The van der Waals surface area contributed by atoms with Crippen LogP contribution in [0.1, 0.15) is 11.6 Å². The number of hydrogen-bond acceptors (Lipinski definition) is 8. The molecule has 1 fully saturated rings. The molecule has 1 saturated heterocycles. The Balaban J connectivity index is 1.41. The first kappa shape index (κ1) is 21.2. The van der Waals surface area contributed by atoms with Gasteiger partial charge in [-0.1, -0.05) is 35.1 Å². The van der Waals surface area contributed by atoms with Crippen LogP contribution in [-0.2, 0) is 4.79 Å². The van der Waals surface area contributed by atoms with Crippen molar-refractivity contribution in [3.8, 4) is 5.88 Å². The third-order valence-electron chi connectivity index (χ3n) is 4.93. The number of aliphatic carboxylic acids is 1. The van der Waals surface area contributed by atoms with Gasteiger partial charge in [-0.3, -0.25) is 15.0 Å². The minimum absolute atomic E-state index is 0.305. The molecule has 3 heterocycles. The number of carboxylic acid groups (broad SMARTS) is 1. The van der Waals surface area contributed by atoms with Crippen LogP contribution in [-0.4, -0.2) is 75.1 Å². The monoisotopic (exact) mass is 462 g/mol. The van der Waals surface area contributed by atoms with Crippen molar-refractivity contribution in [2.24, 2.45) is 0 Å². The number of nitrogens with zero attached hydrogens (tertiary/aromatic N) is 5. The molecule has 1 aromatic carbocycles. The average molecular weight is 463 g/mol. The van der Waals surface area contributed by atoms with E-state index in [1.165, 1.54) is 24.8 Å². The van der Waals surface area contributed by atoms with Gasteiger partial charge >= 0.3 is 12.0 Å². The zero-order valence-corrected chi connectivity index (χ0v) is 18.1. The highest BCUT2D eigenvalue weighted by Gasteiger charge is 2.32. The van der Waals surface area contributed by atoms with Crippen molar-refractivity contribution >= 4 is 50.4 Å². The number of urea groups is 1. The molecule has 162 valence electrons. The number of piperazine rings is 1. The molecule has 12 heteroatoms. The summed E-state index contributed by atoms with van der Waals surface area (Å²) in [6, 6.07) is 5.71. The number of ether oxygens (including phenoxy) is 1. The first-order valence-corrected chi connectivity index (χ1v) is 10.6. The largest absolute Gasteiger partial charge is 0.480 e. The molecule has 0 aliphatic carbocycles. The molecule has 0 bridgehead atoms. The van der Waals surface area contributed by atoms with Gasteiger partial charge in [0, 0.05) is 31.2 Å². The van der Waals surface area contributed by atoms with Crippen molar-refractivity contribution in [2.45, 2.75) is 6.04 Å². The number of anilines is 1. The number of thiazole rings is 1. The summed E-state index contributed by atoms with van der Waals surface area (Å²) in [7, 11) is 1.49. The van der Waals surface area contributed by atoms with Crippen LogP contribution in [0.25, 0.3) is 10.3 Å². The topological polar surface area (TPSA) is 121 Å². The number of carbonyl (C=O) groups is 2. The van der Waals surface area contributed by atoms with Gasteiger partial charge in [0.2, 0.25) is 5.88 Å². The number of hydrogen-bond donors (Lipinski definition) is 2. The van der Waals surface area contributed by atoms with Crippen LogP contribution in [0.2, 0.25) is 5.02 Å². The Bertz CT molecular complexity index is 1120. The summed E-state index contributed by atoms with van der Waals surface area (Å²) in [6.07, 6.45) is 1.38. The molecule has 4 rings (SSSR count). The van der Waals surface area contributed by atoms with E-state index in [-0.39, 0.29) is 6.03 Å². The molecule has 0 saturated carbocycles. The lowest BCUT2D eigenvalue weighted by Gasteiger charge is -2.37. The van der Waals surface area contributed by atoms with E-state index in [9.17, 15) is 14.7 Å². The summed E-state index contributed by atoms with van der Waals surface area (Å²) < 4.78 is 5.17. The molecule has 3 aromatic rings. The zero-order chi connectivity index (χ0) is 22.0. The second-order valence-corrected chi connectivity index (χ2v) is 8.22. The van der Waals surface area contributed by atoms with E-state index in [4.69, 9.17) is 16.3 Å². The maximum absolute atomic E-state index is 12.7. The number of methoxy groups -OCH3 is 1. The standard InChI is InChI=1S/C19H19ClN6O4S/c1-30-15-13-16(22-10-21-15)31-18(23-13)24-19(29)26-7-5-25(6-8-26)14(17(27)28)11-3-2-4-12(20)9-11/h2-4,9-10,14H,5-8H2,1H3,(H,27,28)(H,23,24,29). The maximum atomic E-state index is 12.7. The molecular weight excluding hydrogens is 444 g/mol. The second-order valence-electron chi connectivity index (χ2n) is 6.80. The zero-order valence-electron chi connectivity index (χ0n) is 16.5. The summed E-state index contributed by atoms with van der Waals surface area (Å²) in [5.74, 6) is -0.610. The van der Waals surface area contributed by atoms with Crippen molar-refractivity contribution in [2.75, 3.05) is 38.6 Å². The number of nitrogens with one attached hydrogen (secondary N) is 1. The molecule has 1 atom stereocenters. The van der Waals surface area contributed by atoms with Crippen LogP contribution in [0.4, 0.5) is 9.93 Å². The fourth-order valence-corrected chi connectivity index (χ4v) is 4.46. The van der Waals surface area contributed by atoms with E-state index >= 15 is 0 Å². The van der Waals surface area contributed by atoms with E-state index in [1.807, 2.05) is 4.90 Å². The number of carbonyl (C=O) groups excluding carboxylic acids is 1. The molecule has 1 aliphatic heterocycles. The van der Waals surface area contributed by atoms with Crippen molar-refractivity contribution in [3.63, 3.8) is 0 Å². The first-order valence-electron chi connectivity index (χ1n) is 9.40. The second kappa shape index (κ2) is 9.00. The van der Waals surface area contributed by atoms with Crippen LogP contribution >= 0.6 is 22.9 Å². The summed E-state index contributed by atoms with van der Waals surface area (Å²) in [5, 5.41) is 13.4. The SMILES string of the molecule is COc1ncnc2sc(NC(=O)N3CCN(C(C(=O)O)c4cccc(Cl)c4)CC3)nc12. The smallest absolute Gasteiger partial charge is 0.325 e. The Morgan fingerprint density at radius 1 is 1.26 bits per heavy atom. The molecule has 2 N–H and O–H groups in total. The van der Waals surface area contributed by atoms with Gasteiger partial charge in [-0.05, 0) is 17.7 Å². The normalized spacial score (nSPS) is 15.6. The number of amides is 2. The predicted molar refractivity (Wildman–Crippen MR) is 116 cm³/mol. The minimum atomic E-state index is -0.954. The number of rotatable bonds is 5. The van der Waals surface area contributed by atoms with Gasteiger partial charge in [0.1, 0.15) is 12.4 Å². The minimum Gasteiger partial charge on any atom is -0.480 e. The van der Waals surface area contributed by atoms with Crippen LogP contribution in [0.15, 0.2) is 30.6 Å². The Kier molecular flexibility index (Phi) is 6.16. The molecule has 2 aromatic heterocycles. The van der Waals surface area contributed by atoms with Gasteiger partial charge in [0.05, 0.1) is 7.11 Å². The fourth-order valence-electron chi connectivity index (χ4n) is 3.48. The molecule has 0 radical (unpaired) electrons.